The van der Waals surface area contributed by atoms with Gasteiger partial charge in [0.15, 0.2) is 0 Å². The van der Waals surface area contributed by atoms with Gasteiger partial charge < -0.3 is 5.32 Å². The second-order valence-corrected chi connectivity index (χ2v) is 6.63. The van der Waals surface area contributed by atoms with Crippen LogP contribution in [0.5, 0.6) is 0 Å². The predicted octanol–water partition coefficient (Wildman–Crippen LogP) is 5.06. The van der Waals surface area contributed by atoms with Crippen LogP contribution in [0.3, 0.4) is 0 Å². The van der Waals surface area contributed by atoms with Gasteiger partial charge in [-0.15, -0.1) is 0 Å². The Bertz CT molecular complexity index is 423. The predicted molar refractivity (Wildman–Crippen MR) is 82.9 cm³/mol. The summed E-state index contributed by atoms with van der Waals surface area (Å²) in [7, 11) is 0. The summed E-state index contributed by atoms with van der Waals surface area (Å²) in [4.78, 5) is 0. The summed E-state index contributed by atoms with van der Waals surface area (Å²) in [6.45, 7) is 5.49. The van der Waals surface area contributed by atoms with Crippen LogP contribution in [0.4, 0.5) is 0 Å². The van der Waals surface area contributed by atoms with Crippen LogP contribution in [0.25, 0.3) is 0 Å². The normalized spacial score (nSPS) is 22.9. The van der Waals surface area contributed by atoms with Gasteiger partial charge in [-0.3, -0.25) is 0 Å². The molecule has 1 aromatic rings. The van der Waals surface area contributed by atoms with Crippen LogP contribution < -0.4 is 5.32 Å². The molecule has 0 bridgehead atoms. The molecule has 0 aliphatic carbocycles. The molecular formula is C14H19Cl2NS. The van der Waals surface area contributed by atoms with Crippen molar-refractivity contribution in [3.63, 3.8) is 0 Å². The van der Waals surface area contributed by atoms with Gasteiger partial charge in [0, 0.05) is 17.0 Å². The zero-order valence-electron chi connectivity index (χ0n) is 10.8. The zero-order valence-corrected chi connectivity index (χ0v) is 13.1. The molecule has 0 radical (unpaired) electrons. The van der Waals surface area contributed by atoms with E-state index in [0.717, 1.165) is 23.7 Å². The topological polar surface area (TPSA) is 12.0 Å². The molecule has 0 saturated carbocycles. The van der Waals surface area contributed by atoms with E-state index in [1.807, 2.05) is 17.8 Å². The van der Waals surface area contributed by atoms with E-state index < -0.39 is 0 Å². The van der Waals surface area contributed by atoms with Crippen molar-refractivity contribution in [2.75, 3.05) is 6.54 Å². The Morgan fingerprint density at radius 3 is 2.78 bits per heavy atom. The molecule has 1 nitrogen and oxygen atoms in total. The molecular weight excluding hydrogens is 285 g/mol. The minimum Gasteiger partial charge on any atom is -0.309 e. The van der Waals surface area contributed by atoms with Gasteiger partial charge in [0.1, 0.15) is 0 Å². The van der Waals surface area contributed by atoms with E-state index >= 15 is 0 Å². The van der Waals surface area contributed by atoms with Crippen molar-refractivity contribution >= 4 is 35.0 Å². The molecule has 2 atom stereocenters. The van der Waals surface area contributed by atoms with Crippen LogP contribution >= 0.6 is 35.0 Å². The van der Waals surface area contributed by atoms with Gasteiger partial charge in [0.25, 0.3) is 0 Å². The van der Waals surface area contributed by atoms with Gasteiger partial charge in [-0.2, -0.15) is 11.8 Å². The van der Waals surface area contributed by atoms with E-state index in [9.17, 15) is 0 Å². The van der Waals surface area contributed by atoms with Gasteiger partial charge in [0.05, 0.1) is 10.0 Å². The second-order valence-electron chi connectivity index (χ2n) is 4.62. The number of benzene rings is 1. The van der Waals surface area contributed by atoms with E-state index in [-0.39, 0.29) is 0 Å². The third-order valence-corrected chi connectivity index (χ3v) is 5.73. The number of hydrogen-bond acceptors (Lipinski definition) is 2. The molecule has 0 saturated heterocycles. The van der Waals surface area contributed by atoms with E-state index in [0.29, 0.717) is 16.3 Å². The highest BCUT2D eigenvalue weighted by Gasteiger charge is 2.30. The molecule has 4 heteroatoms. The molecule has 0 aromatic heterocycles. The third kappa shape index (κ3) is 2.82. The summed E-state index contributed by atoms with van der Waals surface area (Å²) in [5.41, 5.74) is 2.55. The first-order chi connectivity index (χ1) is 8.69. The average molecular weight is 304 g/mol. The Morgan fingerprint density at radius 2 is 2.11 bits per heavy atom. The molecule has 1 aliphatic rings. The Hall–Kier alpha value is 0.110. The van der Waals surface area contributed by atoms with Gasteiger partial charge in [-0.25, -0.2) is 0 Å². The Kier molecular flexibility index (Phi) is 5.25. The van der Waals surface area contributed by atoms with Crippen molar-refractivity contribution in [1.82, 2.24) is 5.32 Å². The smallest absolute Gasteiger partial charge is 0.0636 e. The number of rotatable bonds is 4. The highest BCUT2D eigenvalue weighted by Crippen LogP contribution is 2.43. The fraction of sp³-hybridized carbons (Fsp3) is 0.571. The first-order valence-electron chi connectivity index (χ1n) is 6.50. The molecule has 1 N–H and O–H groups in total. The summed E-state index contributed by atoms with van der Waals surface area (Å²) in [5.74, 6) is 0.970. The number of fused-ring (bicyclic) bond motifs is 1. The molecule has 0 amide bonds. The Labute approximate surface area is 124 Å². The maximum atomic E-state index is 6.33. The maximum Gasteiger partial charge on any atom is 0.0636 e. The summed E-state index contributed by atoms with van der Waals surface area (Å²) >= 11 is 14.4. The molecule has 1 aromatic carbocycles. The van der Waals surface area contributed by atoms with Crippen LogP contribution in [-0.2, 0) is 5.75 Å². The van der Waals surface area contributed by atoms with E-state index in [1.54, 1.807) is 0 Å². The van der Waals surface area contributed by atoms with Crippen molar-refractivity contribution in [2.24, 2.45) is 0 Å². The quantitative estimate of drug-likeness (QED) is 0.834. The van der Waals surface area contributed by atoms with Crippen LogP contribution in [0.15, 0.2) is 12.1 Å². The summed E-state index contributed by atoms with van der Waals surface area (Å²) in [6.07, 6.45) is 2.32. The molecule has 100 valence electrons. The van der Waals surface area contributed by atoms with Gasteiger partial charge in [-0.05, 0) is 36.6 Å². The first-order valence-corrected chi connectivity index (χ1v) is 8.31. The van der Waals surface area contributed by atoms with Gasteiger partial charge in [0.2, 0.25) is 0 Å². The minimum absolute atomic E-state index is 0.401. The zero-order chi connectivity index (χ0) is 13.1. The Morgan fingerprint density at radius 1 is 1.33 bits per heavy atom. The summed E-state index contributed by atoms with van der Waals surface area (Å²) in [6, 6.07) is 4.46. The highest BCUT2D eigenvalue weighted by atomic mass is 35.5. The second kappa shape index (κ2) is 6.51. The van der Waals surface area contributed by atoms with Crippen molar-refractivity contribution in [1.29, 1.82) is 0 Å². The molecule has 0 fully saturated rings. The molecule has 2 unspecified atom stereocenters. The molecule has 1 aliphatic heterocycles. The first kappa shape index (κ1) is 14.5. The number of thioether (sulfide) groups is 1. The maximum absolute atomic E-state index is 6.33. The lowest BCUT2D eigenvalue weighted by atomic mass is 9.96. The lowest BCUT2D eigenvalue weighted by molar-refractivity contribution is 0.498. The molecule has 0 spiro atoms. The largest absolute Gasteiger partial charge is 0.309 e. The summed E-state index contributed by atoms with van der Waals surface area (Å²) < 4.78 is 0. The fourth-order valence-corrected chi connectivity index (χ4v) is 4.29. The fourth-order valence-electron chi connectivity index (χ4n) is 2.43. The average Bonchev–Trinajstić information content (AvgIpc) is 2.40. The Balaban J connectivity index is 2.35. The molecule has 1 heterocycles. The lowest BCUT2D eigenvalue weighted by Crippen LogP contribution is -2.33. The van der Waals surface area contributed by atoms with Crippen molar-refractivity contribution in [3.05, 3.63) is 33.3 Å². The van der Waals surface area contributed by atoms with E-state index in [2.05, 4.69) is 25.2 Å². The highest BCUT2D eigenvalue weighted by molar-refractivity contribution is 7.99. The van der Waals surface area contributed by atoms with E-state index in [4.69, 9.17) is 23.2 Å². The van der Waals surface area contributed by atoms with Crippen molar-refractivity contribution in [3.8, 4) is 0 Å². The van der Waals surface area contributed by atoms with Crippen LogP contribution in [-0.4, -0.2) is 11.8 Å². The lowest BCUT2D eigenvalue weighted by Gasteiger charge is -2.34. The van der Waals surface area contributed by atoms with Crippen molar-refractivity contribution < 1.29 is 0 Å². The third-order valence-electron chi connectivity index (χ3n) is 3.40. The van der Waals surface area contributed by atoms with Gasteiger partial charge >= 0.3 is 0 Å². The SMILES string of the molecule is CCCNC1c2ccc(Cl)c(Cl)c2CSC1CC. The van der Waals surface area contributed by atoms with Crippen LogP contribution in [0.2, 0.25) is 10.0 Å². The number of hydrogen-bond donors (Lipinski definition) is 1. The van der Waals surface area contributed by atoms with Crippen LogP contribution in [0, 0.1) is 0 Å². The monoisotopic (exact) mass is 303 g/mol. The number of nitrogens with one attached hydrogen (secondary N) is 1. The van der Waals surface area contributed by atoms with Crippen LogP contribution in [0.1, 0.15) is 43.9 Å². The van der Waals surface area contributed by atoms with Gasteiger partial charge in [-0.1, -0.05) is 43.1 Å². The standard InChI is InChI=1S/C14H19Cl2NS/c1-3-7-17-14-9-5-6-11(15)13(16)10(9)8-18-12(14)4-2/h5-6,12,14,17H,3-4,7-8H2,1-2H3. The molecule has 18 heavy (non-hydrogen) atoms. The number of halogens is 2. The molecule has 2 rings (SSSR count). The van der Waals surface area contributed by atoms with Crippen molar-refractivity contribution in [2.45, 2.75) is 43.7 Å². The summed E-state index contributed by atoms with van der Waals surface area (Å²) in [5, 5.41) is 5.68. The van der Waals surface area contributed by atoms with E-state index in [1.165, 1.54) is 17.5 Å². The minimum atomic E-state index is 0.401.